The summed E-state index contributed by atoms with van der Waals surface area (Å²) in [5.41, 5.74) is 0.890. The van der Waals surface area contributed by atoms with Crippen LogP contribution in [0.2, 0.25) is 0 Å². The number of hydrogen-bond acceptors (Lipinski definition) is 5. The summed E-state index contributed by atoms with van der Waals surface area (Å²) >= 11 is 0. The number of methoxy groups -OCH3 is 2. The maximum atomic E-state index is 12.9. The molecular formula is C20H20N2O4. The van der Waals surface area contributed by atoms with Gasteiger partial charge in [0.05, 0.1) is 32.3 Å². The summed E-state index contributed by atoms with van der Waals surface area (Å²) in [6.45, 7) is 0. The molecule has 2 amide bonds. The van der Waals surface area contributed by atoms with E-state index in [-0.39, 0.29) is 40.9 Å². The number of ether oxygens (including phenoxy) is 2. The second kappa shape index (κ2) is 5.19. The summed E-state index contributed by atoms with van der Waals surface area (Å²) in [6.07, 6.45) is 8.09. The number of imide groups is 1. The summed E-state index contributed by atoms with van der Waals surface area (Å²) in [7, 11) is 3.14. The zero-order valence-corrected chi connectivity index (χ0v) is 14.7. The molecule has 0 N–H and O–H groups in total. The van der Waals surface area contributed by atoms with Crippen molar-refractivity contribution >= 4 is 18.0 Å². The first-order chi connectivity index (χ1) is 12.6. The number of fused-ring (bicyclic) bond motifs is 3. The summed E-state index contributed by atoms with van der Waals surface area (Å²) in [6, 6.07) is 5.31. The maximum Gasteiger partial charge on any atom is 0.254 e. The van der Waals surface area contributed by atoms with Crippen molar-refractivity contribution in [2.75, 3.05) is 14.2 Å². The van der Waals surface area contributed by atoms with Gasteiger partial charge in [-0.25, -0.2) is 0 Å². The Bertz CT molecular complexity index is 837. The van der Waals surface area contributed by atoms with Gasteiger partial charge in [-0.1, -0.05) is 12.2 Å². The molecule has 6 heteroatoms. The molecule has 3 aliphatic carbocycles. The van der Waals surface area contributed by atoms with Gasteiger partial charge in [-0.2, -0.15) is 10.1 Å². The third kappa shape index (κ3) is 1.84. The fourth-order valence-electron chi connectivity index (χ4n) is 5.22. The molecule has 2 saturated carbocycles. The first kappa shape index (κ1) is 15.6. The van der Waals surface area contributed by atoms with Crippen LogP contribution in [0.25, 0.3) is 0 Å². The van der Waals surface area contributed by atoms with Crippen LogP contribution < -0.4 is 9.47 Å². The molecule has 26 heavy (non-hydrogen) atoms. The van der Waals surface area contributed by atoms with Crippen LogP contribution in [0, 0.1) is 29.1 Å². The number of hydrazone groups is 1. The van der Waals surface area contributed by atoms with Crippen molar-refractivity contribution in [2.24, 2.45) is 34.2 Å². The molecule has 1 saturated heterocycles. The summed E-state index contributed by atoms with van der Waals surface area (Å²) in [5.74, 6) is 0.892. The Morgan fingerprint density at radius 3 is 2.27 bits per heavy atom. The smallest absolute Gasteiger partial charge is 0.254 e. The number of nitrogens with zero attached hydrogens (tertiary/aromatic N) is 2. The molecule has 1 aliphatic heterocycles. The van der Waals surface area contributed by atoms with Crippen LogP contribution in [0.3, 0.4) is 0 Å². The average molecular weight is 352 g/mol. The van der Waals surface area contributed by atoms with Gasteiger partial charge in [-0.05, 0) is 42.2 Å². The average Bonchev–Trinajstić information content (AvgIpc) is 3.26. The largest absolute Gasteiger partial charge is 0.497 e. The van der Waals surface area contributed by atoms with Crippen molar-refractivity contribution in [3.05, 3.63) is 35.9 Å². The third-order valence-electron chi connectivity index (χ3n) is 6.58. The molecule has 1 heterocycles. The van der Waals surface area contributed by atoms with E-state index in [0.29, 0.717) is 17.1 Å². The number of carbonyl (C=O) groups is 2. The van der Waals surface area contributed by atoms with E-state index in [1.54, 1.807) is 32.4 Å². The Balaban J connectivity index is 1.42. The number of allylic oxidation sites excluding steroid dienone is 2. The Kier molecular flexibility index (Phi) is 3.12. The van der Waals surface area contributed by atoms with Crippen molar-refractivity contribution in [2.45, 2.75) is 12.8 Å². The quantitative estimate of drug-likeness (QED) is 0.473. The van der Waals surface area contributed by atoms with Crippen LogP contribution in [0.15, 0.2) is 35.5 Å². The molecule has 0 radical (unpaired) electrons. The van der Waals surface area contributed by atoms with E-state index in [9.17, 15) is 9.59 Å². The molecule has 4 aliphatic rings. The number of amides is 2. The Labute approximate surface area is 151 Å². The lowest BCUT2D eigenvalue weighted by atomic mass is 9.85. The fourth-order valence-corrected chi connectivity index (χ4v) is 5.22. The van der Waals surface area contributed by atoms with Crippen LogP contribution in [0.4, 0.5) is 0 Å². The van der Waals surface area contributed by atoms with Gasteiger partial charge in [-0.15, -0.1) is 0 Å². The number of carbonyl (C=O) groups excluding carboxylic acids is 2. The topological polar surface area (TPSA) is 68.2 Å². The highest BCUT2D eigenvalue weighted by atomic mass is 16.5. The maximum absolute atomic E-state index is 12.9. The van der Waals surface area contributed by atoms with Crippen molar-refractivity contribution in [3.63, 3.8) is 0 Å². The second-order valence-electron chi connectivity index (χ2n) is 7.56. The van der Waals surface area contributed by atoms with Gasteiger partial charge in [0.15, 0.2) is 0 Å². The van der Waals surface area contributed by atoms with Gasteiger partial charge in [0.1, 0.15) is 11.5 Å². The second-order valence-corrected chi connectivity index (χ2v) is 7.56. The zero-order valence-electron chi connectivity index (χ0n) is 14.7. The van der Waals surface area contributed by atoms with Crippen molar-refractivity contribution in [1.29, 1.82) is 0 Å². The van der Waals surface area contributed by atoms with E-state index in [1.165, 1.54) is 6.21 Å². The number of rotatable bonds is 4. The van der Waals surface area contributed by atoms with Crippen LogP contribution in [0.5, 0.6) is 11.5 Å². The van der Waals surface area contributed by atoms with E-state index in [2.05, 4.69) is 17.3 Å². The molecule has 0 unspecified atom stereocenters. The standard InChI is InChI=1S/C20H20N2O4/c1-25-12-4-3-11(15(9-12)26-2)10-21-22-18(23)16-13-5-6-14(17(16)19(22)24)20(13)7-8-20/h3-6,9-10,13-14,16-17H,7-8H2,1-2H3/b21-10-/t13-,14-,16+,17+/m1/s1. The van der Waals surface area contributed by atoms with E-state index in [4.69, 9.17) is 9.47 Å². The normalized spacial score (nSPS) is 32.8. The minimum absolute atomic E-state index is 0.160. The lowest BCUT2D eigenvalue weighted by molar-refractivity contribution is -0.141. The molecule has 1 spiro atoms. The van der Waals surface area contributed by atoms with E-state index < -0.39 is 0 Å². The first-order valence-corrected chi connectivity index (χ1v) is 8.93. The van der Waals surface area contributed by atoms with Crippen LogP contribution in [-0.2, 0) is 9.59 Å². The fraction of sp³-hybridized carbons (Fsp3) is 0.450. The van der Waals surface area contributed by atoms with Crippen molar-refractivity contribution < 1.29 is 19.1 Å². The monoisotopic (exact) mass is 352 g/mol. The highest BCUT2D eigenvalue weighted by Crippen LogP contribution is 2.73. The minimum Gasteiger partial charge on any atom is -0.497 e. The summed E-state index contributed by atoms with van der Waals surface area (Å²) < 4.78 is 10.5. The zero-order chi connectivity index (χ0) is 18.1. The predicted molar refractivity (Wildman–Crippen MR) is 93.8 cm³/mol. The lowest BCUT2D eigenvalue weighted by Crippen LogP contribution is -2.30. The first-order valence-electron chi connectivity index (χ1n) is 8.93. The van der Waals surface area contributed by atoms with Gasteiger partial charge in [0.2, 0.25) is 0 Å². The van der Waals surface area contributed by atoms with E-state index in [1.807, 2.05) is 0 Å². The number of benzene rings is 1. The van der Waals surface area contributed by atoms with E-state index in [0.717, 1.165) is 17.9 Å². The van der Waals surface area contributed by atoms with Gasteiger partial charge in [0, 0.05) is 11.6 Å². The van der Waals surface area contributed by atoms with Crippen molar-refractivity contribution in [1.82, 2.24) is 5.01 Å². The summed E-state index contributed by atoms with van der Waals surface area (Å²) in [5, 5.41) is 5.30. The Hall–Kier alpha value is -2.63. The van der Waals surface area contributed by atoms with Crippen molar-refractivity contribution in [3.8, 4) is 11.5 Å². The van der Waals surface area contributed by atoms with Gasteiger partial charge in [-0.3, -0.25) is 9.59 Å². The van der Waals surface area contributed by atoms with Crippen LogP contribution in [0.1, 0.15) is 18.4 Å². The van der Waals surface area contributed by atoms with Gasteiger partial charge in [0.25, 0.3) is 11.8 Å². The molecule has 134 valence electrons. The lowest BCUT2D eigenvalue weighted by Gasteiger charge is -2.18. The summed E-state index contributed by atoms with van der Waals surface area (Å²) in [4.78, 5) is 25.8. The molecule has 6 nitrogen and oxygen atoms in total. The molecule has 4 atom stereocenters. The van der Waals surface area contributed by atoms with Gasteiger partial charge < -0.3 is 9.47 Å². The minimum atomic E-state index is -0.227. The van der Waals surface area contributed by atoms with E-state index >= 15 is 0 Å². The molecule has 3 fully saturated rings. The molecule has 5 rings (SSSR count). The molecule has 2 bridgehead atoms. The third-order valence-corrected chi connectivity index (χ3v) is 6.58. The van der Waals surface area contributed by atoms with Gasteiger partial charge >= 0.3 is 0 Å². The highest BCUT2D eigenvalue weighted by Gasteiger charge is 2.73. The number of hydrogen-bond donors (Lipinski definition) is 0. The molecule has 1 aromatic carbocycles. The SMILES string of the molecule is COc1ccc(/C=N\N2C(=O)[C@@H]3[C@@H](C2=O)[C@H]2C=C[C@H]3C23CC3)c(OC)c1. The molecule has 0 aromatic heterocycles. The molecule has 1 aromatic rings. The Morgan fingerprint density at radius 2 is 1.73 bits per heavy atom. The predicted octanol–water partition coefficient (Wildman–Crippen LogP) is 2.23. The van der Waals surface area contributed by atoms with Crippen LogP contribution >= 0.6 is 0 Å². The van der Waals surface area contributed by atoms with Crippen LogP contribution in [-0.4, -0.2) is 37.3 Å². The Morgan fingerprint density at radius 1 is 1.08 bits per heavy atom. The molecular weight excluding hydrogens is 332 g/mol. The highest BCUT2D eigenvalue weighted by molar-refractivity contribution is 6.07.